The average Bonchev–Trinajstić information content (AvgIpc) is 3.50. The van der Waals surface area contributed by atoms with E-state index in [1.165, 1.54) is 17.7 Å². The van der Waals surface area contributed by atoms with Gasteiger partial charge < -0.3 is 14.7 Å². The van der Waals surface area contributed by atoms with Gasteiger partial charge in [-0.2, -0.15) is 0 Å². The zero-order chi connectivity index (χ0) is 22.2. The lowest BCUT2D eigenvalue weighted by Gasteiger charge is -2.33. The van der Waals surface area contributed by atoms with Crippen molar-refractivity contribution in [1.29, 1.82) is 0 Å². The van der Waals surface area contributed by atoms with Crippen LogP contribution >= 0.6 is 27.5 Å². The number of pyridine rings is 1. The number of piperazine rings is 1. The molecule has 2 aromatic heterocycles. The Morgan fingerprint density at radius 2 is 2.03 bits per heavy atom. The van der Waals surface area contributed by atoms with Crippen molar-refractivity contribution in [3.8, 4) is 11.6 Å². The van der Waals surface area contributed by atoms with Crippen LogP contribution in [0.25, 0.3) is 11.0 Å². The van der Waals surface area contributed by atoms with Gasteiger partial charge in [-0.05, 0) is 52.9 Å². The molecule has 32 heavy (non-hydrogen) atoms. The van der Waals surface area contributed by atoms with Gasteiger partial charge in [-0.3, -0.25) is 4.90 Å². The summed E-state index contributed by atoms with van der Waals surface area (Å²) in [5, 5.41) is 18.3. The molecule has 1 saturated carbocycles. The van der Waals surface area contributed by atoms with Gasteiger partial charge in [-0.15, -0.1) is 5.10 Å². The molecule has 0 spiro atoms. The fourth-order valence-electron chi connectivity index (χ4n) is 3.86. The number of benzene rings is 1. The molecule has 11 heteroatoms. The number of carbonyl (C=O) groups is 1. The van der Waals surface area contributed by atoms with E-state index in [-0.39, 0.29) is 0 Å². The third-order valence-electron chi connectivity index (χ3n) is 5.85. The molecule has 5 rings (SSSR count). The van der Waals surface area contributed by atoms with Gasteiger partial charge in [-0.25, -0.2) is 14.5 Å². The molecule has 0 radical (unpaired) electrons. The standard InChI is InChI=1S/C21H22BrClN6O3/c22-18-17(4-3-16-19(18)25-26-29(16)11-13-1-2-13)32-20-14(9-15(23)10-24-20)12-27-5-7-28(8-6-27)21(30)31/h3-4,9-10,13H,1-2,5-8,11-12H2,(H,30,31). The summed E-state index contributed by atoms with van der Waals surface area (Å²) in [4.78, 5) is 19.1. The van der Waals surface area contributed by atoms with Gasteiger partial charge in [0.05, 0.1) is 15.0 Å². The zero-order valence-corrected chi connectivity index (χ0v) is 19.6. The lowest BCUT2D eigenvalue weighted by atomic mass is 10.2. The quantitative estimate of drug-likeness (QED) is 0.518. The maximum absolute atomic E-state index is 11.1. The van der Waals surface area contributed by atoms with Crippen LogP contribution in [0.2, 0.25) is 5.02 Å². The van der Waals surface area contributed by atoms with Gasteiger partial charge in [0, 0.05) is 51.0 Å². The van der Waals surface area contributed by atoms with Crippen molar-refractivity contribution in [3.63, 3.8) is 0 Å². The molecule has 2 aliphatic rings. The second kappa shape index (κ2) is 8.84. The lowest BCUT2D eigenvalue weighted by Crippen LogP contribution is -2.47. The molecule has 168 valence electrons. The smallest absolute Gasteiger partial charge is 0.407 e. The predicted molar refractivity (Wildman–Crippen MR) is 122 cm³/mol. The highest BCUT2D eigenvalue weighted by molar-refractivity contribution is 9.10. The molecule has 0 bridgehead atoms. The highest BCUT2D eigenvalue weighted by atomic mass is 79.9. The normalized spacial score (nSPS) is 17.1. The first kappa shape index (κ1) is 21.4. The van der Waals surface area contributed by atoms with Gasteiger partial charge in [0.15, 0.2) is 0 Å². The van der Waals surface area contributed by atoms with Gasteiger partial charge in [-0.1, -0.05) is 16.8 Å². The van der Waals surface area contributed by atoms with E-state index in [2.05, 4.69) is 36.1 Å². The molecule has 1 saturated heterocycles. The van der Waals surface area contributed by atoms with Gasteiger partial charge >= 0.3 is 6.09 Å². The summed E-state index contributed by atoms with van der Waals surface area (Å²) in [6, 6.07) is 5.70. The van der Waals surface area contributed by atoms with Crippen molar-refractivity contribution in [2.24, 2.45) is 5.92 Å². The summed E-state index contributed by atoms with van der Waals surface area (Å²) in [5.74, 6) is 1.76. The molecule has 9 nitrogen and oxygen atoms in total. The minimum Gasteiger partial charge on any atom is -0.465 e. The van der Waals surface area contributed by atoms with E-state index >= 15 is 0 Å². The molecule has 1 N–H and O–H groups in total. The SMILES string of the molecule is O=C(O)N1CCN(Cc2cc(Cl)cnc2Oc2ccc3c(nnn3CC3CC3)c2Br)CC1. The number of amides is 1. The maximum atomic E-state index is 11.1. The van der Waals surface area contributed by atoms with Crippen LogP contribution in [0.1, 0.15) is 18.4 Å². The van der Waals surface area contributed by atoms with E-state index in [0.717, 1.165) is 27.6 Å². The number of aromatic nitrogens is 4. The Morgan fingerprint density at radius 1 is 1.25 bits per heavy atom. The zero-order valence-electron chi connectivity index (χ0n) is 17.2. The van der Waals surface area contributed by atoms with Gasteiger partial charge in [0.25, 0.3) is 0 Å². The summed E-state index contributed by atoms with van der Waals surface area (Å²) in [7, 11) is 0. The Kier molecular flexibility index (Phi) is 5.92. The van der Waals surface area contributed by atoms with E-state index in [4.69, 9.17) is 21.4 Å². The van der Waals surface area contributed by atoms with Crippen molar-refractivity contribution >= 4 is 44.7 Å². The van der Waals surface area contributed by atoms with Crippen LogP contribution in [0.5, 0.6) is 11.6 Å². The summed E-state index contributed by atoms with van der Waals surface area (Å²) in [6.45, 7) is 3.67. The summed E-state index contributed by atoms with van der Waals surface area (Å²) < 4.78 is 8.86. The Morgan fingerprint density at radius 3 is 2.75 bits per heavy atom. The number of nitrogens with zero attached hydrogens (tertiary/aromatic N) is 6. The minimum atomic E-state index is -0.882. The summed E-state index contributed by atoms with van der Waals surface area (Å²) >= 11 is 9.83. The maximum Gasteiger partial charge on any atom is 0.407 e. The number of hydrogen-bond donors (Lipinski definition) is 1. The van der Waals surface area contributed by atoms with Crippen LogP contribution in [0.4, 0.5) is 4.79 Å². The fourth-order valence-corrected chi connectivity index (χ4v) is 4.54. The second-order valence-electron chi connectivity index (χ2n) is 8.23. The fraction of sp³-hybridized carbons (Fsp3) is 0.429. The average molecular weight is 522 g/mol. The Hall–Kier alpha value is -2.43. The largest absolute Gasteiger partial charge is 0.465 e. The molecule has 0 atom stereocenters. The van der Waals surface area contributed by atoms with Crippen molar-refractivity contribution < 1.29 is 14.6 Å². The molecule has 2 fully saturated rings. The number of fused-ring (bicyclic) bond motifs is 1. The first-order chi connectivity index (χ1) is 15.5. The molecule has 0 unspecified atom stereocenters. The molecule has 1 aliphatic heterocycles. The van der Waals surface area contributed by atoms with Gasteiger partial charge in [0.2, 0.25) is 5.88 Å². The summed E-state index contributed by atoms with van der Waals surface area (Å²) in [5.41, 5.74) is 2.56. The third kappa shape index (κ3) is 4.53. The van der Waals surface area contributed by atoms with Crippen molar-refractivity contribution in [2.75, 3.05) is 26.2 Å². The highest BCUT2D eigenvalue weighted by Gasteiger charge is 2.25. The van der Waals surface area contributed by atoms with E-state index in [1.54, 1.807) is 6.20 Å². The third-order valence-corrected chi connectivity index (χ3v) is 6.83. The van der Waals surface area contributed by atoms with Crippen molar-refractivity contribution in [1.82, 2.24) is 29.8 Å². The first-order valence-electron chi connectivity index (χ1n) is 10.5. The lowest BCUT2D eigenvalue weighted by molar-refractivity contribution is 0.102. The monoisotopic (exact) mass is 520 g/mol. The van der Waals surface area contributed by atoms with E-state index in [0.29, 0.717) is 55.3 Å². The topological polar surface area (TPSA) is 96.6 Å². The molecule has 3 heterocycles. The Labute approximate surface area is 198 Å². The predicted octanol–water partition coefficient (Wildman–Crippen LogP) is 4.24. The van der Waals surface area contributed by atoms with E-state index in [1.807, 2.05) is 22.9 Å². The van der Waals surface area contributed by atoms with Crippen LogP contribution in [0.3, 0.4) is 0 Å². The van der Waals surface area contributed by atoms with Crippen LogP contribution < -0.4 is 4.74 Å². The van der Waals surface area contributed by atoms with E-state index in [9.17, 15) is 4.79 Å². The van der Waals surface area contributed by atoms with Crippen molar-refractivity contribution in [2.45, 2.75) is 25.9 Å². The number of hydrogen-bond acceptors (Lipinski definition) is 6. The molecule has 1 aliphatic carbocycles. The van der Waals surface area contributed by atoms with Gasteiger partial charge in [0.1, 0.15) is 11.3 Å². The summed E-state index contributed by atoms with van der Waals surface area (Å²) in [6.07, 6.45) is 3.17. The molecule has 1 aromatic carbocycles. The first-order valence-corrected chi connectivity index (χ1v) is 11.7. The minimum absolute atomic E-state index is 0.459. The molecular formula is C21H22BrClN6O3. The number of carboxylic acid groups (broad SMARTS) is 1. The molecule has 3 aromatic rings. The van der Waals surface area contributed by atoms with Crippen LogP contribution in [0, 0.1) is 5.92 Å². The van der Waals surface area contributed by atoms with Crippen LogP contribution in [0.15, 0.2) is 28.9 Å². The van der Waals surface area contributed by atoms with Crippen LogP contribution in [-0.4, -0.2) is 67.2 Å². The number of halogens is 2. The van der Waals surface area contributed by atoms with Crippen LogP contribution in [-0.2, 0) is 13.1 Å². The Balaban J connectivity index is 1.35. The molecule has 1 amide bonds. The van der Waals surface area contributed by atoms with Crippen molar-refractivity contribution in [3.05, 3.63) is 39.5 Å². The Bertz CT molecular complexity index is 1160. The highest BCUT2D eigenvalue weighted by Crippen LogP contribution is 2.37. The second-order valence-corrected chi connectivity index (χ2v) is 9.46. The number of ether oxygens (including phenoxy) is 1. The molecular weight excluding hydrogens is 500 g/mol. The number of rotatable bonds is 6. The van der Waals surface area contributed by atoms with E-state index < -0.39 is 6.09 Å².